The van der Waals surface area contributed by atoms with E-state index < -0.39 is 12.2 Å². The van der Waals surface area contributed by atoms with Crippen molar-refractivity contribution in [3.8, 4) is 0 Å². The van der Waals surface area contributed by atoms with Crippen molar-refractivity contribution in [2.45, 2.75) is 33.0 Å². The lowest BCUT2D eigenvalue weighted by Gasteiger charge is -2.33. The molecule has 2 aromatic rings. The van der Waals surface area contributed by atoms with Crippen molar-refractivity contribution < 1.29 is 14.6 Å². The van der Waals surface area contributed by atoms with Gasteiger partial charge in [-0.1, -0.05) is 66.2 Å². The zero-order valence-electron chi connectivity index (χ0n) is 17.4. The number of allylic oxidation sites excluding steroid dienone is 3. The van der Waals surface area contributed by atoms with E-state index in [9.17, 15) is 9.90 Å². The average Bonchev–Trinajstić information content (AvgIpc) is 2.71. The second-order valence-electron chi connectivity index (χ2n) is 7.29. The van der Waals surface area contributed by atoms with Crippen molar-refractivity contribution in [3.05, 3.63) is 99.4 Å². The Morgan fingerprint density at radius 2 is 1.90 bits per heavy atom. The molecule has 3 rings (SSSR count). The van der Waals surface area contributed by atoms with Gasteiger partial charge in [-0.2, -0.15) is 0 Å². The summed E-state index contributed by atoms with van der Waals surface area (Å²) in [5.41, 5.74) is 4.64. The molecule has 0 aromatic heterocycles. The van der Waals surface area contributed by atoms with Crippen LogP contribution in [0.5, 0.6) is 0 Å². The number of Topliss-reactive ketones (excluding diaryl/α,β-unsaturated/α-hetero) is 1. The molecule has 0 amide bonds. The lowest BCUT2D eigenvalue weighted by atomic mass is 9.79. The Balaban J connectivity index is 1.87. The number of aliphatic hydroxyl groups is 1. The molecule has 4 nitrogen and oxygen atoms in total. The van der Waals surface area contributed by atoms with Gasteiger partial charge in [0.05, 0.1) is 6.61 Å². The van der Waals surface area contributed by atoms with E-state index >= 15 is 0 Å². The summed E-state index contributed by atoms with van der Waals surface area (Å²) in [5, 5.41) is 14.7. The van der Waals surface area contributed by atoms with Gasteiger partial charge in [0.25, 0.3) is 0 Å². The first-order valence-corrected chi connectivity index (χ1v) is 10.2. The molecule has 2 N–H and O–H groups in total. The van der Waals surface area contributed by atoms with Gasteiger partial charge in [-0.15, -0.1) is 0 Å². The molecule has 0 spiro atoms. The smallest absolute Gasteiger partial charge is 0.180 e. The van der Waals surface area contributed by atoms with Gasteiger partial charge in [-0.25, -0.2) is 0 Å². The summed E-state index contributed by atoms with van der Waals surface area (Å²) < 4.78 is 5.72. The fraction of sp³-hybridized carbons (Fsp3) is 0.240. The predicted molar refractivity (Wildman–Crippen MR) is 121 cm³/mol. The van der Waals surface area contributed by atoms with Crippen LogP contribution in [0.15, 0.2) is 83.2 Å². The van der Waals surface area contributed by atoms with E-state index in [1.807, 2.05) is 74.5 Å². The van der Waals surface area contributed by atoms with Crippen LogP contribution in [0.1, 0.15) is 37.8 Å². The van der Waals surface area contributed by atoms with E-state index in [1.54, 1.807) is 6.07 Å². The van der Waals surface area contributed by atoms with E-state index in [2.05, 4.69) is 5.32 Å². The minimum Gasteiger partial charge on any atom is -0.364 e. The zero-order valence-corrected chi connectivity index (χ0v) is 18.1. The van der Waals surface area contributed by atoms with Crippen LogP contribution in [0, 0.1) is 0 Å². The number of carbonyl (C=O) groups excluding carboxylic acids is 1. The number of aliphatic hydroxyl groups excluding tert-OH is 1. The Labute approximate surface area is 182 Å². The predicted octanol–water partition coefficient (Wildman–Crippen LogP) is 5.21. The average molecular weight is 424 g/mol. The highest BCUT2D eigenvalue weighted by Crippen LogP contribution is 2.40. The number of rotatable bonds is 7. The summed E-state index contributed by atoms with van der Waals surface area (Å²) in [7, 11) is 0. The fourth-order valence-electron chi connectivity index (χ4n) is 3.82. The lowest BCUT2D eigenvalue weighted by molar-refractivity contribution is -0.114. The van der Waals surface area contributed by atoms with Gasteiger partial charge < -0.3 is 15.2 Å². The van der Waals surface area contributed by atoms with Crippen molar-refractivity contribution in [2.24, 2.45) is 0 Å². The maximum absolute atomic E-state index is 12.5. The summed E-state index contributed by atoms with van der Waals surface area (Å²) in [5.74, 6) is -0.498. The van der Waals surface area contributed by atoms with Crippen LogP contribution in [-0.4, -0.2) is 23.8 Å². The molecule has 1 heterocycles. The number of benzene rings is 2. The van der Waals surface area contributed by atoms with Crippen molar-refractivity contribution in [1.29, 1.82) is 0 Å². The molecule has 0 aliphatic carbocycles. The van der Waals surface area contributed by atoms with Crippen LogP contribution in [-0.2, 0) is 9.53 Å². The highest BCUT2D eigenvalue weighted by atomic mass is 35.5. The number of nitrogens with one attached hydrogen (secondary N) is 1. The van der Waals surface area contributed by atoms with E-state index in [1.165, 1.54) is 6.92 Å². The largest absolute Gasteiger partial charge is 0.364 e. The summed E-state index contributed by atoms with van der Waals surface area (Å²) in [4.78, 5) is 12.5. The topological polar surface area (TPSA) is 58.6 Å². The van der Waals surface area contributed by atoms with Crippen molar-refractivity contribution in [1.82, 2.24) is 5.32 Å². The summed E-state index contributed by atoms with van der Waals surface area (Å²) >= 11 is 6.22. The van der Waals surface area contributed by atoms with Crippen molar-refractivity contribution in [3.63, 3.8) is 0 Å². The first-order valence-electron chi connectivity index (χ1n) is 9.84. The first kappa shape index (κ1) is 22.0. The SMILES string of the molecule is CC(=O)C1=C(C)NC(C)=C(C(O)OC/C=C/c2ccccc2)C1c1cccc(Cl)c1. The van der Waals surface area contributed by atoms with Crippen LogP contribution < -0.4 is 5.32 Å². The summed E-state index contributed by atoms with van der Waals surface area (Å²) in [6.07, 6.45) is 2.61. The Morgan fingerprint density at radius 3 is 2.57 bits per heavy atom. The van der Waals surface area contributed by atoms with E-state index in [0.717, 1.165) is 22.5 Å². The van der Waals surface area contributed by atoms with Gasteiger partial charge in [0, 0.05) is 33.5 Å². The van der Waals surface area contributed by atoms with Crippen molar-refractivity contribution in [2.75, 3.05) is 6.61 Å². The first-order chi connectivity index (χ1) is 14.4. The van der Waals surface area contributed by atoms with Crippen LogP contribution in [0.25, 0.3) is 6.08 Å². The summed E-state index contributed by atoms with van der Waals surface area (Å²) in [6.45, 7) is 5.50. The Morgan fingerprint density at radius 1 is 1.17 bits per heavy atom. The maximum atomic E-state index is 12.5. The molecule has 1 aliphatic heterocycles. The third kappa shape index (κ3) is 5.08. The summed E-state index contributed by atoms with van der Waals surface area (Å²) in [6, 6.07) is 17.2. The van der Waals surface area contributed by atoms with Gasteiger partial charge in [0.2, 0.25) is 0 Å². The van der Waals surface area contributed by atoms with Gasteiger partial charge in [0.15, 0.2) is 12.1 Å². The van der Waals surface area contributed by atoms with Crippen LogP contribution in [0.3, 0.4) is 0 Å². The number of carbonyl (C=O) groups is 1. The Hall–Kier alpha value is -2.66. The quantitative estimate of drug-likeness (QED) is 0.600. The molecule has 0 saturated carbocycles. The molecule has 156 valence electrons. The molecule has 0 fully saturated rings. The van der Waals surface area contributed by atoms with Crippen LogP contribution in [0.4, 0.5) is 0 Å². The maximum Gasteiger partial charge on any atom is 0.180 e. The molecule has 1 aliphatic rings. The van der Waals surface area contributed by atoms with Crippen LogP contribution >= 0.6 is 11.6 Å². The standard InChI is InChI=1S/C25H26ClNO3/c1-16-22(18(3)28)24(20-12-7-13-21(26)15-20)23(17(2)27-16)25(29)30-14-8-11-19-9-5-4-6-10-19/h4-13,15,24-25,27,29H,14H2,1-3H3/b11-8+. The number of hydrogen-bond donors (Lipinski definition) is 2. The molecule has 0 bridgehead atoms. The third-order valence-electron chi connectivity index (χ3n) is 5.10. The molecule has 5 heteroatoms. The highest BCUT2D eigenvalue weighted by Gasteiger charge is 2.35. The highest BCUT2D eigenvalue weighted by molar-refractivity contribution is 6.30. The minimum absolute atomic E-state index is 0.0638. The lowest BCUT2D eigenvalue weighted by Crippen LogP contribution is -2.33. The minimum atomic E-state index is -1.18. The van der Waals surface area contributed by atoms with E-state index in [-0.39, 0.29) is 12.4 Å². The number of dihydropyridines is 1. The fourth-order valence-corrected chi connectivity index (χ4v) is 4.02. The normalized spacial score (nSPS) is 18.0. The number of ether oxygens (including phenoxy) is 1. The Bertz CT molecular complexity index is 1010. The molecule has 2 atom stereocenters. The van der Waals surface area contributed by atoms with Gasteiger partial charge in [-0.3, -0.25) is 4.79 Å². The van der Waals surface area contributed by atoms with Gasteiger partial charge in [0.1, 0.15) is 0 Å². The molecular weight excluding hydrogens is 398 g/mol. The van der Waals surface area contributed by atoms with E-state index in [0.29, 0.717) is 16.2 Å². The van der Waals surface area contributed by atoms with Gasteiger partial charge in [-0.05, 0) is 44.0 Å². The van der Waals surface area contributed by atoms with E-state index in [4.69, 9.17) is 16.3 Å². The molecule has 0 saturated heterocycles. The molecular formula is C25H26ClNO3. The number of ketones is 1. The second-order valence-corrected chi connectivity index (χ2v) is 7.72. The second kappa shape index (κ2) is 9.90. The van der Waals surface area contributed by atoms with Gasteiger partial charge >= 0.3 is 0 Å². The van der Waals surface area contributed by atoms with Crippen molar-refractivity contribution >= 4 is 23.5 Å². The Kier molecular flexibility index (Phi) is 7.27. The molecule has 2 aromatic carbocycles. The number of halogens is 1. The number of hydrogen-bond acceptors (Lipinski definition) is 4. The molecule has 2 unspecified atom stereocenters. The zero-order chi connectivity index (χ0) is 21.7. The molecule has 30 heavy (non-hydrogen) atoms. The molecule has 0 radical (unpaired) electrons. The monoisotopic (exact) mass is 423 g/mol. The third-order valence-corrected chi connectivity index (χ3v) is 5.33. The van der Waals surface area contributed by atoms with Crippen LogP contribution in [0.2, 0.25) is 5.02 Å².